The van der Waals surface area contributed by atoms with E-state index in [0.717, 1.165) is 10.0 Å². The van der Waals surface area contributed by atoms with Crippen LogP contribution in [0.5, 0.6) is 0 Å². The van der Waals surface area contributed by atoms with Crippen molar-refractivity contribution in [3.05, 3.63) is 40.4 Å². The van der Waals surface area contributed by atoms with Crippen LogP contribution in [0, 0.1) is 5.92 Å². The highest BCUT2D eigenvalue weighted by atomic mass is 79.9. The third kappa shape index (κ3) is 7.98. The van der Waals surface area contributed by atoms with Crippen LogP contribution in [-0.4, -0.2) is 37.6 Å². The Bertz CT molecular complexity index is 642. The van der Waals surface area contributed by atoms with Crippen molar-refractivity contribution < 1.29 is 23.9 Å². The number of hydrogen-bond donors (Lipinski definition) is 1. The van der Waals surface area contributed by atoms with E-state index in [1.807, 2.05) is 38.1 Å². The number of carbonyl (C=O) groups is 3. The van der Waals surface area contributed by atoms with Gasteiger partial charge in [0.2, 0.25) is 0 Å². The van der Waals surface area contributed by atoms with Gasteiger partial charge in [0.15, 0.2) is 6.61 Å². The molecule has 1 aromatic carbocycles. The van der Waals surface area contributed by atoms with Crippen LogP contribution in [0.2, 0.25) is 0 Å². The maximum atomic E-state index is 11.9. The molecule has 0 aromatic heterocycles. The monoisotopic (exact) mass is 411 g/mol. The molecule has 0 unspecified atom stereocenters. The molecule has 0 heterocycles. The fourth-order valence-corrected chi connectivity index (χ4v) is 2.43. The molecular formula is C18H22BrNO5. The Morgan fingerprint density at radius 1 is 1.24 bits per heavy atom. The quantitative estimate of drug-likeness (QED) is 0.525. The van der Waals surface area contributed by atoms with Crippen LogP contribution in [0.25, 0.3) is 6.08 Å². The fraction of sp³-hybridized carbons (Fsp3) is 0.389. The van der Waals surface area contributed by atoms with Crippen LogP contribution in [0.3, 0.4) is 0 Å². The summed E-state index contributed by atoms with van der Waals surface area (Å²) in [4.78, 5) is 35.2. The van der Waals surface area contributed by atoms with Gasteiger partial charge in [-0.3, -0.25) is 4.79 Å². The lowest BCUT2D eigenvalue weighted by molar-refractivity contribution is -0.148. The summed E-state index contributed by atoms with van der Waals surface area (Å²) in [6.07, 6.45) is 3.26. The molecule has 1 rings (SSSR count). The molecule has 1 aromatic rings. The lowest BCUT2D eigenvalue weighted by Crippen LogP contribution is -2.44. The van der Waals surface area contributed by atoms with E-state index in [9.17, 15) is 14.4 Å². The second-order valence-electron chi connectivity index (χ2n) is 5.74. The summed E-state index contributed by atoms with van der Waals surface area (Å²) in [5.41, 5.74) is 0.812. The molecule has 0 aliphatic rings. The Morgan fingerprint density at radius 3 is 2.52 bits per heavy atom. The number of carbonyl (C=O) groups excluding carboxylic acids is 3. The van der Waals surface area contributed by atoms with Gasteiger partial charge in [-0.2, -0.15) is 0 Å². The SMILES string of the molecule is COC(=O)[C@@H](CC(C)C)NC(=O)COC(=O)/C=C/c1ccccc1Br. The minimum atomic E-state index is -0.757. The van der Waals surface area contributed by atoms with Gasteiger partial charge in [-0.1, -0.05) is 48.0 Å². The summed E-state index contributed by atoms with van der Waals surface area (Å²) in [5, 5.41) is 2.52. The Hall–Kier alpha value is -2.15. The smallest absolute Gasteiger partial charge is 0.331 e. The van der Waals surface area contributed by atoms with Crippen molar-refractivity contribution in [1.29, 1.82) is 0 Å². The third-order valence-electron chi connectivity index (χ3n) is 3.18. The van der Waals surface area contributed by atoms with Gasteiger partial charge >= 0.3 is 11.9 Å². The van der Waals surface area contributed by atoms with Crippen LogP contribution >= 0.6 is 15.9 Å². The second kappa shape index (κ2) is 10.7. The Kier molecular flexibility index (Phi) is 8.91. The lowest BCUT2D eigenvalue weighted by Gasteiger charge is -2.18. The first-order chi connectivity index (χ1) is 11.8. The second-order valence-corrected chi connectivity index (χ2v) is 6.59. The number of nitrogens with one attached hydrogen (secondary N) is 1. The predicted molar refractivity (Wildman–Crippen MR) is 97.5 cm³/mol. The van der Waals surface area contributed by atoms with Crippen LogP contribution < -0.4 is 5.32 Å². The first kappa shape index (κ1) is 20.9. The van der Waals surface area contributed by atoms with E-state index >= 15 is 0 Å². The molecule has 1 N–H and O–H groups in total. The highest BCUT2D eigenvalue weighted by Gasteiger charge is 2.22. The highest BCUT2D eigenvalue weighted by molar-refractivity contribution is 9.10. The molecule has 25 heavy (non-hydrogen) atoms. The van der Waals surface area contributed by atoms with Gasteiger partial charge in [-0.25, -0.2) is 9.59 Å². The Morgan fingerprint density at radius 2 is 1.92 bits per heavy atom. The topological polar surface area (TPSA) is 81.7 Å². The van der Waals surface area contributed by atoms with E-state index in [4.69, 9.17) is 4.74 Å². The molecule has 136 valence electrons. The molecule has 0 fully saturated rings. The fourth-order valence-electron chi connectivity index (χ4n) is 2.02. The molecule has 0 saturated carbocycles. The molecule has 6 nitrogen and oxygen atoms in total. The van der Waals surface area contributed by atoms with Crippen molar-refractivity contribution in [1.82, 2.24) is 5.32 Å². The lowest BCUT2D eigenvalue weighted by atomic mass is 10.0. The summed E-state index contributed by atoms with van der Waals surface area (Å²) in [7, 11) is 1.26. The first-order valence-corrected chi connectivity index (χ1v) is 8.59. The molecule has 0 aliphatic heterocycles. The standard InChI is InChI=1S/C18H22BrNO5/c1-12(2)10-15(18(23)24-3)20-16(21)11-25-17(22)9-8-13-6-4-5-7-14(13)19/h4-9,12,15H,10-11H2,1-3H3,(H,20,21)/b9-8+/t15-/m1/s1. The van der Waals surface area contributed by atoms with Crippen molar-refractivity contribution in [2.24, 2.45) is 5.92 Å². The zero-order valence-corrected chi connectivity index (χ0v) is 16.0. The van der Waals surface area contributed by atoms with E-state index in [2.05, 4.69) is 26.0 Å². The average Bonchev–Trinajstić information content (AvgIpc) is 2.57. The molecule has 0 radical (unpaired) electrons. The number of rotatable bonds is 8. The number of hydrogen-bond acceptors (Lipinski definition) is 5. The Balaban J connectivity index is 2.50. The van der Waals surface area contributed by atoms with Gasteiger partial charge in [-0.15, -0.1) is 0 Å². The molecule has 7 heteroatoms. The molecule has 1 atom stereocenters. The normalized spacial score (nSPS) is 12.0. The van der Waals surface area contributed by atoms with Crippen molar-refractivity contribution >= 4 is 39.9 Å². The number of ether oxygens (including phenoxy) is 2. The van der Waals surface area contributed by atoms with Gasteiger partial charge in [0.25, 0.3) is 5.91 Å². The van der Waals surface area contributed by atoms with Gasteiger partial charge in [0.05, 0.1) is 7.11 Å². The number of methoxy groups -OCH3 is 1. The third-order valence-corrected chi connectivity index (χ3v) is 3.90. The summed E-state index contributed by atoms with van der Waals surface area (Å²) < 4.78 is 10.4. The van der Waals surface area contributed by atoms with Crippen LogP contribution in [0.1, 0.15) is 25.8 Å². The van der Waals surface area contributed by atoms with E-state index < -0.39 is 30.5 Å². The number of halogens is 1. The molecule has 1 amide bonds. The summed E-state index contributed by atoms with van der Waals surface area (Å²) in [5.74, 6) is -1.54. The molecule has 0 bridgehead atoms. The van der Waals surface area contributed by atoms with Gasteiger partial charge < -0.3 is 14.8 Å². The van der Waals surface area contributed by atoms with Gasteiger partial charge in [-0.05, 0) is 30.0 Å². The summed E-state index contributed by atoms with van der Waals surface area (Å²) in [6, 6.07) is 6.62. The van der Waals surface area contributed by atoms with E-state index in [1.54, 1.807) is 6.08 Å². The van der Waals surface area contributed by atoms with E-state index in [1.165, 1.54) is 13.2 Å². The zero-order chi connectivity index (χ0) is 18.8. The van der Waals surface area contributed by atoms with Crippen molar-refractivity contribution in [3.8, 4) is 0 Å². The summed E-state index contributed by atoms with van der Waals surface area (Å²) >= 11 is 3.36. The molecule has 0 spiro atoms. The largest absolute Gasteiger partial charge is 0.467 e. The molecule has 0 saturated heterocycles. The van der Waals surface area contributed by atoms with Crippen molar-refractivity contribution in [2.45, 2.75) is 26.3 Å². The minimum Gasteiger partial charge on any atom is -0.467 e. The van der Waals surface area contributed by atoms with Crippen LogP contribution in [0.4, 0.5) is 0 Å². The van der Waals surface area contributed by atoms with Crippen LogP contribution in [-0.2, 0) is 23.9 Å². The van der Waals surface area contributed by atoms with Gasteiger partial charge in [0.1, 0.15) is 6.04 Å². The van der Waals surface area contributed by atoms with Crippen molar-refractivity contribution in [3.63, 3.8) is 0 Å². The molecule has 0 aliphatic carbocycles. The first-order valence-electron chi connectivity index (χ1n) is 7.80. The number of amides is 1. The average molecular weight is 412 g/mol. The molecular weight excluding hydrogens is 390 g/mol. The number of benzene rings is 1. The Labute approximate surface area is 155 Å². The van der Waals surface area contributed by atoms with E-state index in [-0.39, 0.29) is 5.92 Å². The highest BCUT2D eigenvalue weighted by Crippen LogP contribution is 2.17. The van der Waals surface area contributed by atoms with Crippen molar-refractivity contribution in [2.75, 3.05) is 13.7 Å². The predicted octanol–water partition coefficient (Wildman–Crippen LogP) is 2.71. The van der Waals surface area contributed by atoms with Crippen LogP contribution in [0.15, 0.2) is 34.8 Å². The zero-order valence-electron chi connectivity index (χ0n) is 14.5. The minimum absolute atomic E-state index is 0.194. The maximum Gasteiger partial charge on any atom is 0.331 e. The van der Waals surface area contributed by atoms with Gasteiger partial charge in [0, 0.05) is 10.5 Å². The number of esters is 2. The summed E-state index contributed by atoms with van der Waals surface area (Å²) in [6.45, 7) is 3.38. The van der Waals surface area contributed by atoms with E-state index in [0.29, 0.717) is 6.42 Å². The maximum absolute atomic E-state index is 11.9.